The van der Waals surface area contributed by atoms with Crippen LogP contribution in [0.4, 0.5) is 0 Å². The first-order chi connectivity index (χ1) is 9.63. The second kappa shape index (κ2) is 7.05. The van der Waals surface area contributed by atoms with Gasteiger partial charge in [0.2, 0.25) is 0 Å². The molecule has 0 amide bonds. The van der Waals surface area contributed by atoms with E-state index >= 15 is 0 Å². The van der Waals surface area contributed by atoms with Crippen molar-refractivity contribution in [1.82, 2.24) is 5.32 Å². The van der Waals surface area contributed by atoms with Crippen LogP contribution in [-0.4, -0.2) is 6.54 Å². The fraction of sp³-hybridized carbons (Fsp3) is 0.444. The summed E-state index contributed by atoms with van der Waals surface area (Å²) in [5.74, 6) is 0.592. The smallest absolute Gasteiger partial charge is 0.0587 e. The van der Waals surface area contributed by atoms with E-state index in [1.165, 1.54) is 22.3 Å². The maximum atomic E-state index is 3.68. The summed E-state index contributed by atoms with van der Waals surface area (Å²) in [4.78, 5) is 0. The Morgan fingerprint density at radius 3 is 2.20 bits per heavy atom. The first-order valence-electron chi connectivity index (χ1n) is 7.49. The second-order valence-electron chi connectivity index (χ2n) is 5.72. The fourth-order valence-electron chi connectivity index (χ4n) is 2.44. The molecule has 2 rings (SSSR count). The van der Waals surface area contributed by atoms with Crippen LogP contribution in [0.25, 0.3) is 0 Å². The molecule has 1 nitrogen and oxygen atoms in total. The molecule has 1 aromatic carbocycles. The van der Waals surface area contributed by atoms with Crippen molar-refractivity contribution in [3.63, 3.8) is 0 Å². The quantitative estimate of drug-likeness (QED) is 0.763. The largest absolute Gasteiger partial charge is 0.306 e. The first-order valence-corrected chi connectivity index (χ1v) is 8.43. The number of hydrogen-bond acceptors (Lipinski definition) is 2. The molecule has 0 saturated carbocycles. The van der Waals surface area contributed by atoms with E-state index in [0.717, 1.165) is 13.0 Å². The molecule has 20 heavy (non-hydrogen) atoms. The van der Waals surface area contributed by atoms with E-state index in [9.17, 15) is 0 Å². The number of aryl methyl sites for hydroxylation is 1. The van der Waals surface area contributed by atoms with Crippen LogP contribution in [0.5, 0.6) is 0 Å². The van der Waals surface area contributed by atoms with Crippen molar-refractivity contribution in [1.29, 1.82) is 0 Å². The fourth-order valence-corrected chi connectivity index (χ4v) is 3.31. The van der Waals surface area contributed by atoms with Crippen LogP contribution in [0.15, 0.2) is 35.0 Å². The summed E-state index contributed by atoms with van der Waals surface area (Å²) in [5, 5.41) is 8.20. The van der Waals surface area contributed by atoms with E-state index in [-0.39, 0.29) is 0 Å². The van der Waals surface area contributed by atoms with Crippen molar-refractivity contribution >= 4 is 11.3 Å². The molecular formula is C18H25NS. The van der Waals surface area contributed by atoms with Gasteiger partial charge in [-0.05, 0) is 58.8 Å². The Hall–Kier alpha value is -1.12. The summed E-state index contributed by atoms with van der Waals surface area (Å²) in [6.45, 7) is 9.95. The minimum atomic E-state index is 0.322. The average molecular weight is 287 g/mol. The summed E-state index contributed by atoms with van der Waals surface area (Å²) < 4.78 is 0. The van der Waals surface area contributed by atoms with Crippen LogP contribution in [0, 0.1) is 6.92 Å². The number of hydrogen-bond donors (Lipinski definition) is 1. The lowest BCUT2D eigenvalue weighted by Gasteiger charge is -2.20. The maximum absolute atomic E-state index is 3.68. The van der Waals surface area contributed by atoms with E-state index in [2.05, 4.69) is 68.0 Å². The van der Waals surface area contributed by atoms with Crippen molar-refractivity contribution in [2.75, 3.05) is 6.54 Å². The van der Waals surface area contributed by atoms with Gasteiger partial charge in [0.1, 0.15) is 0 Å². The zero-order valence-corrected chi connectivity index (χ0v) is 13.8. The van der Waals surface area contributed by atoms with Gasteiger partial charge in [-0.2, -0.15) is 11.3 Å². The molecule has 1 N–H and O–H groups in total. The molecule has 2 heteroatoms. The number of nitrogens with one attached hydrogen (secondary N) is 1. The zero-order chi connectivity index (χ0) is 14.5. The predicted molar refractivity (Wildman–Crippen MR) is 89.7 cm³/mol. The van der Waals surface area contributed by atoms with Gasteiger partial charge in [-0.3, -0.25) is 0 Å². The van der Waals surface area contributed by atoms with Gasteiger partial charge in [0.05, 0.1) is 6.04 Å². The minimum Gasteiger partial charge on any atom is -0.306 e. The molecule has 0 fully saturated rings. The maximum Gasteiger partial charge on any atom is 0.0587 e. The van der Waals surface area contributed by atoms with Crippen LogP contribution in [-0.2, 0) is 0 Å². The van der Waals surface area contributed by atoms with Crippen molar-refractivity contribution in [2.24, 2.45) is 0 Å². The Labute approximate surface area is 127 Å². The van der Waals surface area contributed by atoms with Crippen molar-refractivity contribution < 1.29 is 0 Å². The minimum absolute atomic E-state index is 0.322. The van der Waals surface area contributed by atoms with Gasteiger partial charge >= 0.3 is 0 Å². The van der Waals surface area contributed by atoms with Gasteiger partial charge in [0.25, 0.3) is 0 Å². The first kappa shape index (κ1) is 15.3. The lowest BCUT2D eigenvalue weighted by molar-refractivity contribution is 0.597. The van der Waals surface area contributed by atoms with Gasteiger partial charge in [-0.1, -0.05) is 45.0 Å². The number of rotatable bonds is 6. The molecule has 1 heterocycles. The molecule has 0 aliphatic carbocycles. The number of benzene rings is 1. The molecule has 2 aromatic rings. The summed E-state index contributed by atoms with van der Waals surface area (Å²) in [7, 11) is 0. The molecule has 0 radical (unpaired) electrons. The third-order valence-electron chi connectivity index (χ3n) is 3.74. The lowest BCUT2D eigenvalue weighted by atomic mass is 9.95. The topological polar surface area (TPSA) is 12.0 Å². The zero-order valence-electron chi connectivity index (χ0n) is 12.9. The Bertz CT molecular complexity index is 525. The Morgan fingerprint density at radius 1 is 1.05 bits per heavy atom. The summed E-state index contributed by atoms with van der Waals surface area (Å²) >= 11 is 1.79. The van der Waals surface area contributed by atoms with E-state index in [1.54, 1.807) is 11.3 Å². The standard InChI is InChI=1S/C18H25NS/c1-5-10-19-18(17-12-20-11-14(17)4)16-8-6-15(7-9-16)13(2)3/h6-9,11-13,18-19H,5,10H2,1-4H3. The summed E-state index contributed by atoms with van der Waals surface area (Å²) in [6.07, 6.45) is 1.16. The van der Waals surface area contributed by atoms with Crippen LogP contribution in [0.2, 0.25) is 0 Å². The molecule has 1 atom stereocenters. The van der Waals surface area contributed by atoms with Gasteiger partial charge in [0, 0.05) is 0 Å². The van der Waals surface area contributed by atoms with Gasteiger partial charge < -0.3 is 5.32 Å². The molecule has 0 aliphatic heterocycles. The van der Waals surface area contributed by atoms with Crippen LogP contribution in [0.1, 0.15) is 61.4 Å². The monoisotopic (exact) mass is 287 g/mol. The Morgan fingerprint density at radius 2 is 1.70 bits per heavy atom. The summed E-state index contributed by atoms with van der Waals surface area (Å²) in [6, 6.07) is 9.41. The van der Waals surface area contributed by atoms with Gasteiger partial charge in [0.15, 0.2) is 0 Å². The second-order valence-corrected chi connectivity index (χ2v) is 6.46. The van der Waals surface area contributed by atoms with Crippen LogP contribution < -0.4 is 5.32 Å². The highest BCUT2D eigenvalue weighted by Crippen LogP contribution is 2.28. The van der Waals surface area contributed by atoms with Crippen LogP contribution in [0.3, 0.4) is 0 Å². The van der Waals surface area contributed by atoms with E-state index in [4.69, 9.17) is 0 Å². The third kappa shape index (κ3) is 3.50. The predicted octanol–water partition coefficient (Wildman–Crippen LogP) is 5.27. The van der Waals surface area contributed by atoms with Gasteiger partial charge in [-0.15, -0.1) is 0 Å². The van der Waals surface area contributed by atoms with Crippen molar-refractivity contribution in [2.45, 2.75) is 46.1 Å². The number of thiophene rings is 1. The van der Waals surface area contributed by atoms with Gasteiger partial charge in [-0.25, -0.2) is 0 Å². The molecule has 1 aromatic heterocycles. The molecule has 0 spiro atoms. The van der Waals surface area contributed by atoms with E-state index in [1.807, 2.05) is 0 Å². The Balaban J connectivity index is 2.29. The normalized spacial score (nSPS) is 12.8. The highest BCUT2D eigenvalue weighted by molar-refractivity contribution is 7.08. The lowest BCUT2D eigenvalue weighted by Crippen LogP contribution is -2.23. The molecular weight excluding hydrogens is 262 g/mol. The van der Waals surface area contributed by atoms with Crippen molar-refractivity contribution in [3.8, 4) is 0 Å². The third-order valence-corrected chi connectivity index (χ3v) is 4.62. The summed E-state index contributed by atoms with van der Waals surface area (Å²) in [5.41, 5.74) is 5.58. The highest BCUT2D eigenvalue weighted by atomic mass is 32.1. The average Bonchev–Trinajstić information content (AvgIpc) is 2.86. The Kier molecular flexibility index (Phi) is 5.38. The van der Waals surface area contributed by atoms with Crippen molar-refractivity contribution in [3.05, 3.63) is 57.3 Å². The highest BCUT2D eigenvalue weighted by Gasteiger charge is 2.16. The SMILES string of the molecule is CCCNC(c1ccc(C(C)C)cc1)c1cscc1C. The molecule has 1 unspecified atom stereocenters. The van der Waals surface area contributed by atoms with E-state index < -0.39 is 0 Å². The molecule has 108 valence electrons. The van der Waals surface area contributed by atoms with E-state index in [0.29, 0.717) is 12.0 Å². The molecule has 0 aliphatic rings. The molecule has 0 bridgehead atoms. The van der Waals surface area contributed by atoms with Crippen LogP contribution >= 0.6 is 11.3 Å². The molecule has 0 saturated heterocycles.